The Labute approximate surface area is 123 Å². The first-order chi connectivity index (χ1) is 9.60. The van der Waals surface area contributed by atoms with E-state index in [0.717, 1.165) is 16.1 Å². The number of nitrogens with one attached hydrogen (secondary N) is 1. The summed E-state index contributed by atoms with van der Waals surface area (Å²) in [6, 6.07) is 12.8. The molecular formula is C16H17ClFNO. The Morgan fingerprint density at radius 3 is 2.50 bits per heavy atom. The van der Waals surface area contributed by atoms with Gasteiger partial charge in [0.05, 0.1) is 7.11 Å². The van der Waals surface area contributed by atoms with Crippen molar-refractivity contribution >= 4 is 11.6 Å². The topological polar surface area (TPSA) is 21.3 Å². The number of hydrogen-bond acceptors (Lipinski definition) is 2. The molecule has 0 aliphatic carbocycles. The van der Waals surface area contributed by atoms with Gasteiger partial charge in [-0.3, -0.25) is 0 Å². The van der Waals surface area contributed by atoms with Crippen LogP contribution in [0.2, 0.25) is 5.02 Å². The Balaban J connectivity index is 1.97. The van der Waals surface area contributed by atoms with E-state index in [2.05, 4.69) is 12.2 Å². The highest BCUT2D eigenvalue weighted by Gasteiger charge is 2.07. The van der Waals surface area contributed by atoms with Crippen LogP contribution in [0.25, 0.3) is 0 Å². The van der Waals surface area contributed by atoms with Gasteiger partial charge in [-0.15, -0.1) is 0 Å². The Morgan fingerprint density at radius 1 is 1.20 bits per heavy atom. The summed E-state index contributed by atoms with van der Waals surface area (Å²) in [5, 5.41) is 4.07. The fourth-order valence-electron chi connectivity index (χ4n) is 1.96. The zero-order valence-electron chi connectivity index (χ0n) is 11.5. The Kier molecular flexibility index (Phi) is 4.99. The predicted molar refractivity (Wildman–Crippen MR) is 79.7 cm³/mol. The van der Waals surface area contributed by atoms with Crippen LogP contribution < -0.4 is 10.1 Å². The molecular weight excluding hydrogens is 277 g/mol. The van der Waals surface area contributed by atoms with Crippen LogP contribution in [0, 0.1) is 5.82 Å². The van der Waals surface area contributed by atoms with Crippen LogP contribution in [0.1, 0.15) is 24.1 Å². The fourth-order valence-corrected chi connectivity index (χ4v) is 2.09. The standard InChI is InChI=1S/C16H17ClFNO/c1-11(13-4-6-14(17)7-5-13)19-10-12-3-8-16(20-2)15(18)9-12/h3-9,11,19H,10H2,1-2H3/t11-/m0/s1. The summed E-state index contributed by atoms with van der Waals surface area (Å²) in [5.74, 6) is -0.0783. The van der Waals surface area contributed by atoms with Crippen molar-refractivity contribution in [2.75, 3.05) is 7.11 Å². The second kappa shape index (κ2) is 6.73. The molecule has 0 heterocycles. The Hall–Kier alpha value is -1.58. The van der Waals surface area contributed by atoms with Gasteiger partial charge < -0.3 is 10.1 Å². The average Bonchev–Trinajstić information content (AvgIpc) is 2.45. The van der Waals surface area contributed by atoms with E-state index in [-0.39, 0.29) is 17.6 Å². The maximum atomic E-state index is 13.6. The highest BCUT2D eigenvalue weighted by atomic mass is 35.5. The van der Waals surface area contributed by atoms with Crippen molar-refractivity contribution in [2.24, 2.45) is 0 Å². The minimum absolute atomic E-state index is 0.164. The van der Waals surface area contributed by atoms with Gasteiger partial charge in [-0.25, -0.2) is 4.39 Å². The molecule has 0 aromatic heterocycles. The lowest BCUT2D eigenvalue weighted by atomic mass is 10.1. The fraction of sp³-hybridized carbons (Fsp3) is 0.250. The van der Waals surface area contributed by atoms with E-state index in [1.54, 1.807) is 6.07 Å². The zero-order valence-corrected chi connectivity index (χ0v) is 12.2. The summed E-state index contributed by atoms with van der Waals surface area (Å²) in [6.45, 7) is 2.65. The van der Waals surface area contributed by atoms with E-state index in [4.69, 9.17) is 16.3 Å². The normalized spacial score (nSPS) is 12.2. The Bertz CT molecular complexity index is 571. The van der Waals surface area contributed by atoms with Gasteiger partial charge >= 0.3 is 0 Å². The van der Waals surface area contributed by atoms with Crippen LogP contribution in [0.5, 0.6) is 5.75 Å². The molecule has 0 spiro atoms. The summed E-state index contributed by atoms with van der Waals surface area (Å²) < 4.78 is 18.5. The van der Waals surface area contributed by atoms with Gasteiger partial charge in [0.25, 0.3) is 0 Å². The summed E-state index contributed by atoms with van der Waals surface area (Å²) in [7, 11) is 1.46. The van der Waals surface area contributed by atoms with E-state index >= 15 is 0 Å². The molecule has 0 radical (unpaired) electrons. The van der Waals surface area contributed by atoms with Gasteiger partial charge in [-0.05, 0) is 42.3 Å². The van der Waals surface area contributed by atoms with Crippen LogP contribution in [-0.2, 0) is 6.54 Å². The SMILES string of the molecule is COc1ccc(CN[C@@H](C)c2ccc(Cl)cc2)cc1F. The average molecular weight is 294 g/mol. The van der Waals surface area contributed by atoms with Gasteiger partial charge in [-0.2, -0.15) is 0 Å². The summed E-state index contributed by atoms with van der Waals surface area (Å²) in [6.07, 6.45) is 0. The third kappa shape index (κ3) is 3.71. The van der Waals surface area contributed by atoms with Crippen molar-refractivity contribution in [3.63, 3.8) is 0 Å². The molecule has 0 bridgehead atoms. The molecule has 2 aromatic rings. The van der Waals surface area contributed by atoms with Crippen molar-refractivity contribution in [1.29, 1.82) is 0 Å². The molecule has 0 saturated carbocycles. The monoisotopic (exact) mass is 293 g/mol. The highest BCUT2D eigenvalue weighted by molar-refractivity contribution is 6.30. The van der Waals surface area contributed by atoms with Crippen LogP contribution in [0.15, 0.2) is 42.5 Å². The molecule has 0 aliphatic heterocycles. The molecule has 1 atom stereocenters. The van der Waals surface area contributed by atoms with Gasteiger partial charge in [0.2, 0.25) is 0 Å². The first-order valence-electron chi connectivity index (χ1n) is 6.41. The zero-order chi connectivity index (χ0) is 14.5. The number of benzene rings is 2. The van der Waals surface area contributed by atoms with Crippen LogP contribution >= 0.6 is 11.6 Å². The predicted octanol–water partition coefficient (Wildman–Crippen LogP) is 4.34. The molecule has 2 rings (SSSR count). The van der Waals surface area contributed by atoms with Crippen LogP contribution in [0.4, 0.5) is 4.39 Å². The molecule has 0 fully saturated rings. The second-order valence-electron chi connectivity index (χ2n) is 4.62. The van der Waals surface area contributed by atoms with E-state index in [9.17, 15) is 4.39 Å². The number of hydrogen-bond donors (Lipinski definition) is 1. The molecule has 4 heteroatoms. The van der Waals surface area contributed by atoms with E-state index in [1.165, 1.54) is 13.2 Å². The van der Waals surface area contributed by atoms with Crippen LogP contribution in [-0.4, -0.2) is 7.11 Å². The largest absolute Gasteiger partial charge is 0.494 e. The molecule has 106 valence electrons. The molecule has 1 N–H and O–H groups in total. The van der Waals surface area contributed by atoms with Gasteiger partial charge in [-0.1, -0.05) is 29.8 Å². The smallest absolute Gasteiger partial charge is 0.165 e. The quantitative estimate of drug-likeness (QED) is 0.885. The van der Waals surface area contributed by atoms with Crippen molar-refractivity contribution in [1.82, 2.24) is 5.32 Å². The summed E-state index contributed by atoms with van der Waals surface area (Å²) >= 11 is 5.86. The van der Waals surface area contributed by atoms with Crippen molar-refractivity contribution in [2.45, 2.75) is 19.5 Å². The first kappa shape index (κ1) is 14.8. The molecule has 0 aliphatic rings. The molecule has 0 amide bonds. The van der Waals surface area contributed by atoms with Gasteiger partial charge in [0.15, 0.2) is 11.6 Å². The molecule has 20 heavy (non-hydrogen) atoms. The first-order valence-corrected chi connectivity index (χ1v) is 6.79. The highest BCUT2D eigenvalue weighted by Crippen LogP contribution is 2.19. The number of ether oxygens (including phenoxy) is 1. The van der Waals surface area contributed by atoms with E-state index < -0.39 is 0 Å². The summed E-state index contributed by atoms with van der Waals surface area (Å²) in [4.78, 5) is 0. The van der Waals surface area contributed by atoms with Crippen LogP contribution in [0.3, 0.4) is 0 Å². The van der Waals surface area contributed by atoms with Crippen molar-refractivity contribution in [3.05, 3.63) is 64.4 Å². The number of rotatable bonds is 5. The number of methoxy groups -OCH3 is 1. The maximum Gasteiger partial charge on any atom is 0.165 e. The number of halogens is 2. The molecule has 0 saturated heterocycles. The van der Waals surface area contributed by atoms with Gasteiger partial charge in [0.1, 0.15) is 0 Å². The van der Waals surface area contributed by atoms with E-state index in [1.807, 2.05) is 30.3 Å². The third-order valence-corrected chi connectivity index (χ3v) is 3.45. The van der Waals surface area contributed by atoms with Gasteiger partial charge in [0, 0.05) is 17.6 Å². The Morgan fingerprint density at radius 2 is 1.90 bits per heavy atom. The lowest BCUT2D eigenvalue weighted by Crippen LogP contribution is -2.18. The van der Waals surface area contributed by atoms with E-state index in [0.29, 0.717) is 6.54 Å². The summed E-state index contributed by atoms with van der Waals surface area (Å²) in [5.41, 5.74) is 2.02. The lowest BCUT2D eigenvalue weighted by molar-refractivity contribution is 0.386. The van der Waals surface area contributed by atoms with Crippen molar-refractivity contribution < 1.29 is 9.13 Å². The molecule has 2 nitrogen and oxygen atoms in total. The van der Waals surface area contributed by atoms with Crippen molar-refractivity contribution in [3.8, 4) is 5.75 Å². The maximum absolute atomic E-state index is 13.6. The lowest BCUT2D eigenvalue weighted by Gasteiger charge is -2.14. The minimum atomic E-state index is -0.342. The molecule has 2 aromatic carbocycles. The minimum Gasteiger partial charge on any atom is -0.494 e. The second-order valence-corrected chi connectivity index (χ2v) is 5.06. The third-order valence-electron chi connectivity index (χ3n) is 3.20. The molecule has 0 unspecified atom stereocenters.